The van der Waals surface area contributed by atoms with Crippen LogP contribution in [-0.2, 0) is 4.79 Å². The maximum atomic E-state index is 14.7. The molecule has 7 heteroatoms. The Balaban J connectivity index is 1.69. The topological polar surface area (TPSA) is 60.9 Å². The Morgan fingerprint density at radius 1 is 1.04 bits per heavy atom. The van der Waals surface area contributed by atoms with E-state index in [0.717, 1.165) is 6.42 Å². The average molecular weight is 382 g/mol. The van der Waals surface area contributed by atoms with Crippen molar-refractivity contribution < 1.29 is 23.4 Å². The van der Waals surface area contributed by atoms with E-state index in [1.54, 1.807) is 42.5 Å². The number of methoxy groups -OCH3 is 2. The number of nitrogens with zero attached hydrogens (tertiary/aromatic N) is 2. The number of halogens is 1. The summed E-state index contributed by atoms with van der Waals surface area (Å²) in [6, 6.07) is 9.73. The lowest BCUT2D eigenvalue weighted by molar-refractivity contribution is -0.117. The highest BCUT2D eigenvalue weighted by molar-refractivity contribution is 5.95. The summed E-state index contributed by atoms with van der Waals surface area (Å²) in [4.78, 5) is 17.8. The van der Waals surface area contributed by atoms with Crippen molar-refractivity contribution in [3.05, 3.63) is 48.4 Å². The SMILES string of the molecule is COc1ccc2c(Oc3ccc(N4CCCC4=O)cc3F)ccnc2c1OC. The molecule has 0 N–H and O–H groups in total. The molecule has 28 heavy (non-hydrogen) atoms. The fraction of sp³-hybridized carbons (Fsp3) is 0.238. The van der Waals surface area contributed by atoms with Crippen molar-refractivity contribution in [1.29, 1.82) is 0 Å². The first-order chi connectivity index (χ1) is 13.6. The van der Waals surface area contributed by atoms with Gasteiger partial charge in [0, 0.05) is 36.3 Å². The fourth-order valence-corrected chi connectivity index (χ4v) is 3.38. The van der Waals surface area contributed by atoms with E-state index in [-0.39, 0.29) is 11.7 Å². The first-order valence-corrected chi connectivity index (χ1v) is 8.90. The zero-order valence-corrected chi connectivity index (χ0v) is 15.6. The van der Waals surface area contributed by atoms with Crippen molar-refractivity contribution in [2.75, 3.05) is 25.7 Å². The van der Waals surface area contributed by atoms with Crippen LogP contribution in [0.2, 0.25) is 0 Å². The first kappa shape index (κ1) is 18.0. The predicted octanol–water partition coefficient (Wildman–Crippen LogP) is 4.31. The molecule has 1 aromatic heterocycles. The summed E-state index contributed by atoms with van der Waals surface area (Å²) < 4.78 is 31.2. The molecular weight excluding hydrogens is 363 g/mol. The average Bonchev–Trinajstić information content (AvgIpc) is 3.14. The van der Waals surface area contributed by atoms with Gasteiger partial charge in [0.25, 0.3) is 0 Å². The van der Waals surface area contributed by atoms with Gasteiger partial charge in [0.15, 0.2) is 23.1 Å². The van der Waals surface area contributed by atoms with Gasteiger partial charge in [-0.15, -0.1) is 0 Å². The second kappa shape index (κ2) is 7.34. The fourth-order valence-electron chi connectivity index (χ4n) is 3.38. The van der Waals surface area contributed by atoms with Crippen molar-refractivity contribution in [1.82, 2.24) is 4.98 Å². The van der Waals surface area contributed by atoms with Crippen molar-refractivity contribution in [2.24, 2.45) is 0 Å². The Kier molecular flexibility index (Phi) is 4.73. The maximum Gasteiger partial charge on any atom is 0.227 e. The number of carbonyl (C=O) groups excluding carboxylic acids is 1. The highest BCUT2D eigenvalue weighted by atomic mass is 19.1. The Hall–Kier alpha value is -3.35. The van der Waals surface area contributed by atoms with Crippen LogP contribution in [0.3, 0.4) is 0 Å². The number of anilines is 1. The lowest BCUT2D eigenvalue weighted by atomic mass is 10.1. The second-order valence-corrected chi connectivity index (χ2v) is 6.37. The number of aromatic nitrogens is 1. The van der Waals surface area contributed by atoms with Gasteiger partial charge in [-0.3, -0.25) is 9.78 Å². The molecule has 0 spiro atoms. The number of hydrogen-bond acceptors (Lipinski definition) is 5. The number of carbonyl (C=O) groups is 1. The summed E-state index contributed by atoms with van der Waals surface area (Å²) in [5.74, 6) is 1.00. The molecular formula is C21H19FN2O4. The molecule has 2 aromatic carbocycles. The van der Waals surface area contributed by atoms with Crippen LogP contribution in [-0.4, -0.2) is 31.7 Å². The molecule has 1 fully saturated rings. The van der Waals surface area contributed by atoms with E-state index in [2.05, 4.69) is 4.98 Å². The number of fused-ring (bicyclic) bond motifs is 1. The molecule has 0 aliphatic carbocycles. The van der Waals surface area contributed by atoms with E-state index >= 15 is 0 Å². The van der Waals surface area contributed by atoms with Crippen molar-refractivity contribution in [3.63, 3.8) is 0 Å². The standard InChI is InChI=1S/C21H19FN2O4/c1-26-18-8-6-14-16(9-10-23-20(14)21(18)27-2)28-17-7-5-13(12-15(17)22)24-11-3-4-19(24)25/h5-10,12H,3-4,11H2,1-2H3. The lowest BCUT2D eigenvalue weighted by Crippen LogP contribution is -2.23. The molecule has 1 saturated heterocycles. The number of rotatable bonds is 5. The van der Waals surface area contributed by atoms with E-state index in [9.17, 15) is 9.18 Å². The van der Waals surface area contributed by atoms with Crippen LogP contribution in [0.25, 0.3) is 10.9 Å². The van der Waals surface area contributed by atoms with Gasteiger partial charge in [-0.1, -0.05) is 0 Å². The molecule has 0 atom stereocenters. The summed E-state index contributed by atoms with van der Waals surface area (Å²) in [6.45, 7) is 0.606. The Morgan fingerprint density at radius 3 is 2.54 bits per heavy atom. The van der Waals surface area contributed by atoms with E-state index < -0.39 is 5.82 Å². The van der Waals surface area contributed by atoms with Crippen LogP contribution in [0.1, 0.15) is 12.8 Å². The number of pyridine rings is 1. The molecule has 3 aromatic rings. The van der Waals surface area contributed by atoms with Gasteiger partial charge in [-0.05, 0) is 36.8 Å². The van der Waals surface area contributed by atoms with Crippen LogP contribution in [0.4, 0.5) is 10.1 Å². The minimum Gasteiger partial charge on any atom is -0.493 e. The Morgan fingerprint density at radius 2 is 1.86 bits per heavy atom. The minimum absolute atomic E-state index is 0.00855. The highest BCUT2D eigenvalue weighted by Crippen LogP contribution is 2.39. The Bertz CT molecular complexity index is 1050. The molecule has 6 nitrogen and oxygen atoms in total. The summed E-state index contributed by atoms with van der Waals surface area (Å²) in [5, 5.41) is 0.665. The second-order valence-electron chi connectivity index (χ2n) is 6.37. The Labute approximate surface area is 161 Å². The zero-order valence-electron chi connectivity index (χ0n) is 15.6. The zero-order chi connectivity index (χ0) is 19.7. The molecule has 0 bridgehead atoms. The highest BCUT2D eigenvalue weighted by Gasteiger charge is 2.23. The number of ether oxygens (including phenoxy) is 3. The summed E-state index contributed by atoms with van der Waals surface area (Å²) >= 11 is 0. The maximum absolute atomic E-state index is 14.7. The van der Waals surface area contributed by atoms with Crippen LogP contribution in [0.5, 0.6) is 23.0 Å². The quantitative estimate of drug-likeness (QED) is 0.658. The normalized spacial score (nSPS) is 13.8. The van der Waals surface area contributed by atoms with Gasteiger partial charge < -0.3 is 19.1 Å². The molecule has 1 aliphatic heterocycles. The third-order valence-electron chi connectivity index (χ3n) is 4.73. The van der Waals surface area contributed by atoms with Gasteiger partial charge in [-0.25, -0.2) is 4.39 Å². The molecule has 1 aliphatic rings. The van der Waals surface area contributed by atoms with Crippen LogP contribution in [0.15, 0.2) is 42.6 Å². The molecule has 1 amide bonds. The molecule has 0 unspecified atom stereocenters. The van der Waals surface area contributed by atoms with Gasteiger partial charge in [0.05, 0.1) is 14.2 Å². The van der Waals surface area contributed by atoms with Gasteiger partial charge in [0.1, 0.15) is 11.3 Å². The predicted molar refractivity (Wildman–Crippen MR) is 103 cm³/mol. The molecule has 2 heterocycles. The van der Waals surface area contributed by atoms with Crippen molar-refractivity contribution >= 4 is 22.5 Å². The van der Waals surface area contributed by atoms with E-state index in [0.29, 0.717) is 46.8 Å². The third kappa shape index (κ3) is 3.09. The molecule has 0 saturated carbocycles. The van der Waals surface area contributed by atoms with E-state index in [1.807, 2.05) is 0 Å². The summed E-state index contributed by atoms with van der Waals surface area (Å²) in [7, 11) is 3.08. The van der Waals surface area contributed by atoms with Gasteiger partial charge in [0.2, 0.25) is 5.91 Å². The largest absolute Gasteiger partial charge is 0.493 e. The summed E-state index contributed by atoms with van der Waals surface area (Å²) in [6.07, 6.45) is 2.84. The van der Waals surface area contributed by atoms with Crippen LogP contribution in [0, 0.1) is 5.82 Å². The number of hydrogen-bond donors (Lipinski definition) is 0. The van der Waals surface area contributed by atoms with E-state index in [1.165, 1.54) is 19.2 Å². The van der Waals surface area contributed by atoms with Crippen molar-refractivity contribution in [2.45, 2.75) is 12.8 Å². The monoisotopic (exact) mass is 382 g/mol. The first-order valence-electron chi connectivity index (χ1n) is 8.90. The minimum atomic E-state index is -0.539. The van der Waals surface area contributed by atoms with Gasteiger partial charge in [-0.2, -0.15) is 0 Å². The van der Waals surface area contributed by atoms with Gasteiger partial charge >= 0.3 is 0 Å². The molecule has 0 radical (unpaired) electrons. The van der Waals surface area contributed by atoms with Crippen LogP contribution < -0.4 is 19.1 Å². The smallest absolute Gasteiger partial charge is 0.227 e. The number of benzene rings is 2. The molecule has 4 rings (SSSR count). The summed E-state index contributed by atoms with van der Waals surface area (Å²) in [5.41, 5.74) is 1.09. The number of amides is 1. The third-order valence-corrected chi connectivity index (χ3v) is 4.73. The lowest BCUT2D eigenvalue weighted by Gasteiger charge is -2.17. The van der Waals surface area contributed by atoms with Crippen molar-refractivity contribution in [3.8, 4) is 23.0 Å². The van der Waals surface area contributed by atoms with E-state index in [4.69, 9.17) is 14.2 Å². The molecule has 144 valence electrons. The van der Waals surface area contributed by atoms with Crippen LogP contribution >= 0.6 is 0 Å².